The van der Waals surface area contributed by atoms with Crippen molar-refractivity contribution in [3.63, 3.8) is 0 Å². The van der Waals surface area contributed by atoms with E-state index in [4.69, 9.17) is 4.74 Å². The van der Waals surface area contributed by atoms with Crippen LogP contribution in [0, 0.1) is 0 Å². The molecule has 2 heterocycles. The third-order valence-electron chi connectivity index (χ3n) is 5.90. The first-order valence-corrected chi connectivity index (χ1v) is 11.5. The summed E-state index contributed by atoms with van der Waals surface area (Å²) in [6, 6.07) is 14.0. The van der Waals surface area contributed by atoms with Crippen LogP contribution < -0.4 is 16.0 Å². The second kappa shape index (κ2) is 11.0. The Morgan fingerprint density at radius 1 is 0.939 bits per heavy atom. The number of nitrogens with zero attached hydrogens (tertiary/aromatic N) is 1. The van der Waals surface area contributed by atoms with Crippen molar-refractivity contribution in [2.24, 2.45) is 0 Å². The number of carbonyl (C=O) groups excluding carboxylic acids is 3. The molecule has 3 N–H and O–H groups in total. The number of rotatable bonds is 8. The van der Waals surface area contributed by atoms with E-state index in [0.29, 0.717) is 29.0 Å². The lowest BCUT2D eigenvalue weighted by molar-refractivity contribution is -0.114. The van der Waals surface area contributed by atoms with Gasteiger partial charge >= 0.3 is 0 Å². The molecule has 2 aromatic rings. The average molecular weight is 451 g/mol. The molecule has 33 heavy (non-hydrogen) atoms. The third-order valence-corrected chi connectivity index (χ3v) is 5.90. The van der Waals surface area contributed by atoms with Gasteiger partial charge in [0, 0.05) is 48.7 Å². The maximum Gasteiger partial charge on any atom is 0.253 e. The van der Waals surface area contributed by atoms with Crippen molar-refractivity contribution < 1.29 is 19.1 Å². The molecule has 2 saturated heterocycles. The largest absolute Gasteiger partial charge is 0.376 e. The van der Waals surface area contributed by atoms with E-state index in [-0.39, 0.29) is 30.4 Å². The zero-order valence-electron chi connectivity index (χ0n) is 18.6. The van der Waals surface area contributed by atoms with E-state index in [1.807, 2.05) is 11.0 Å². The number of hydrogen-bond acceptors (Lipinski definition) is 5. The Kier molecular flexibility index (Phi) is 7.57. The zero-order chi connectivity index (χ0) is 23.0. The van der Waals surface area contributed by atoms with Gasteiger partial charge in [0.25, 0.3) is 11.8 Å². The Balaban J connectivity index is 1.24. The van der Waals surface area contributed by atoms with Crippen LogP contribution in [0.5, 0.6) is 0 Å². The number of ether oxygens (including phenoxy) is 1. The number of likely N-dealkylation sites (tertiary alicyclic amines) is 1. The summed E-state index contributed by atoms with van der Waals surface area (Å²) in [5.41, 5.74) is 2.46. The molecule has 0 bridgehead atoms. The van der Waals surface area contributed by atoms with Crippen molar-refractivity contribution in [2.75, 3.05) is 43.4 Å². The lowest BCUT2D eigenvalue weighted by Gasteiger charge is -2.15. The second-order valence-corrected chi connectivity index (χ2v) is 8.40. The molecule has 174 valence electrons. The summed E-state index contributed by atoms with van der Waals surface area (Å²) in [5.74, 6) is -0.351. The van der Waals surface area contributed by atoms with Gasteiger partial charge in [-0.05, 0) is 68.1 Å². The number of nitrogens with one attached hydrogen (secondary N) is 3. The van der Waals surface area contributed by atoms with Crippen LogP contribution in [-0.2, 0) is 9.53 Å². The Morgan fingerprint density at radius 3 is 2.45 bits per heavy atom. The Bertz CT molecular complexity index is 980. The normalized spacial score (nSPS) is 17.6. The summed E-state index contributed by atoms with van der Waals surface area (Å²) in [7, 11) is 0. The molecule has 8 nitrogen and oxygen atoms in total. The molecular weight excluding hydrogens is 420 g/mol. The SMILES string of the molecule is O=C(CNc1cccc(C(=O)NCC2CCCO2)c1)Nc1ccc(C(=O)N2CCCC2)cc1. The molecule has 2 aliphatic heterocycles. The van der Waals surface area contributed by atoms with Gasteiger partial charge in [0.15, 0.2) is 0 Å². The van der Waals surface area contributed by atoms with Crippen LogP contribution >= 0.6 is 0 Å². The highest BCUT2D eigenvalue weighted by Gasteiger charge is 2.19. The summed E-state index contributed by atoms with van der Waals surface area (Å²) < 4.78 is 5.53. The maximum atomic E-state index is 12.4. The average Bonchev–Trinajstić information content (AvgIpc) is 3.56. The van der Waals surface area contributed by atoms with Crippen molar-refractivity contribution in [2.45, 2.75) is 31.8 Å². The van der Waals surface area contributed by atoms with Gasteiger partial charge < -0.3 is 25.6 Å². The predicted octanol–water partition coefficient (Wildman–Crippen LogP) is 2.88. The Hall–Kier alpha value is -3.39. The van der Waals surface area contributed by atoms with Crippen molar-refractivity contribution in [1.29, 1.82) is 0 Å². The number of carbonyl (C=O) groups is 3. The molecule has 4 rings (SSSR count). The lowest BCUT2D eigenvalue weighted by atomic mass is 10.1. The highest BCUT2D eigenvalue weighted by molar-refractivity contribution is 5.97. The van der Waals surface area contributed by atoms with Gasteiger partial charge in [-0.25, -0.2) is 0 Å². The van der Waals surface area contributed by atoms with Crippen LogP contribution in [0.1, 0.15) is 46.4 Å². The lowest BCUT2D eigenvalue weighted by Crippen LogP contribution is -2.31. The van der Waals surface area contributed by atoms with E-state index >= 15 is 0 Å². The molecule has 2 aliphatic rings. The topological polar surface area (TPSA) is 99.8 Å². The molecule has 0 saturated carbocycles. The Labute approximate surface area is 193 Å². The predicted molar refractivity (Wildman–Crippen MR) is 126 cm³/mol. The molecule has 1 atom stereocenters. The summed E-state index contributed by atoms with van der Waals surface area (Å²) >= 11 is 0. The minimum absolute atomic E-state index is 0.0340. The molecule has 0 aliphatic carbocycles. The van der Waals surface area contributed by atoms with Gasteiger partial charge in [-0.2, -0.15) is 0 Å². The number of anilines is 2. The van der Waals surface area contributed by atoms with E-state index < -0.39 is 0 Å². The first-order chi connectivity index (χ1) is 16.1. The fraction of sp³-hybridized carbons (Fsp3) is 0.400. The number of amides is 3. The molecular formula is C25H30N4O4. The monoisotopic (exact) mass is 450 g/mol. The molecule has 0 spiro atoms. The fourth-order valence-corrected chi connectivity index (χ4v) is 4.07. The quantitative estimate of drug-likeness (QED) is 0.574. The van der Waals surface area contributed by atoms with E-state index in [1.165, 1.54) is 0 Å². The summed E-state index contributed by atoms with van der Waals surface area (Å²) in [4.78, 5) is 39.0. The molecule has 8 heteroatoms. The van der Waals surface area contributed by atoms with E-state index in [9.17, 15) is 14.4 Å². The highest BCUT2D eigenvalue weighted by atomic mass is 16.5. The van der Waals surface area contributed by atoms with Crippen LogP contribution in [0.2, 0.25) is 0 Å². The summed E-state index contributed by atoms with van der Waals surface area (Å²) in [6.07, 6.45) is 4.19. The van der Waals surface area contributed by atoms with Crippen molar-refractivity contribution in [3.05, 3.63) is 59.7 Å². The van der Waals surface area contributed by atoms with Crippen molar-refractivity contribution >= 4 is 29.1 Å². The van der Waals surface area contributed by atoms with Gasteiger partial charge in [-0.1, -0.05) is 6.07 Å². The number of benzene rings is 2. The Morgan fingerprint density at radius 2 is 1.73 bits per heavy atom. The van der Waals surface area contributed by atoms with E-state index in [1.54, 1.807) is 42.5 Å². The van der Waals surface area contributed by atoms with Gasteiger partial charge in [0.2, 0.25) is 5.91 Å². The second-order valence-electron chi connectivity index (χ2n) is 8.40. The molecule has 1 unspecified atom stereocenters. The first kappa shape index (κ1) is 22.8. The smallest absolute Gasteiger partial charge is 0.253 e. The van der Waals surface area contributed by atoms with Crippen LogP contribution in [0.15, 0.2) is 48.5 Å². The molecule has 2 aromatic carbocycles. The van der Waals surface area contributed by atoms with Gasteiger partial charge in [-0.3, -0.25) is 14.4 Å². The van der Waals surface area contributed by atoms with Crippen molar-refractivity contribution in [3.8, 4) is 0 Å². The number of hydrogen-bond donors (Lipinski definition) is 3. The summed E-state index contributed by atoms with van der Waals surface area (Å²) in [5, 5.41) is 8.76. The van der Waals surface area contributed by atoms with E-state index in [2.05, 4.69) is 16.0 Å². The van der Waals surface area contributed by atoms with Crippen LogP contribution in [0.25, 0.3) is 0 Å². The molecule has 3 amide bonds. The fourth-order valence-electron chi connectivity index (χ4n) is 4.07. The zero-order valence-corrected chi connectivity index (χ0v) is 18.6. The van der Waals surface area contributed by atoms with Crippen LogP contribution in [-0.4, -0.2) is 61.5 Å². The van der Waals surface area contributed by atoms with Gasteiger partial charge in [-0.15, -0.1) is 0 Å². The summed E-state index contributed by atoms with van der Waals surface area (Å²) in [6.45, 7) is 2.92. The molecule has 0 aromatic heterocycles. The maximum absolute atomic E-state index is 12.4. The minimum Gasteiger partial charge on any atom is -0.376 e. The third kappa shape index (κ3) is 6.32. The first-order valence-electron chi connectivity index (χ1n) is 11.5. The van der Waals surface area contributed by atoms with Crippen LogP contribution in [0.4, 0.5) is 11.4 Å². The standard InChI is InChI=1S/C25H30N4O4/c30-23(28-20-10-8-18(9-11-20)25(32)29-12-1-2-13-29)17-26-21-6-3-5-19(15-21)24(31)27-16-22-7-4-14-33-22/h3,5-6,8-11,15,22,26H,1-2,4,7,12-14,16-17H2,(H,27,31)(H,28,30). The van der Waals surface area contributed by atoms with Gasteiger partial charge in [0.05, 0.1) is 12.6 Å². The van der Waals surface area contributed by atoms with Crippen LogP contribution in [0.3, 0.4) is 0 Å². The minimum atomic E-state index is -0.221. The molecule has 0 radical (unpaired) electrons. The van der Waals surface area contributed by atoms with Gasteiger partial charge in [0.1, 0.15) is 0 Å². The molecule has 2 fully saturated rings. The highest BCUT2D eigenvalue weighted by Crippen LogP contribution is 2.16. The van der Waals surface area contributed by atoms with Crippen molar-refractivity contribution in [1.82, 2.24) is 10.2 Å². The van der Waals surface area contributed by atoms with E-state index in [0.717, 1.165) is 45.4 Å².